The zero-order valence-corrected chi connectivity index (χ0v) is 9.55. The summed E-state index contributed by atoms with van der Waals surface area (Å²) in [6.07, 6.45) is -0.744. The van der Waals surface area contributed by atoms with E-state index in [1.165, 1.54) is 18.2 Å². The fourth-order valence-corrected chi connectivity index (χ4v) is 1.27. The molecule has 14 heavy (non-hydrogen) atoms. The number of aliphatic hydroxyl groups excluding tert-OH is 1. The second-order valence-corrected chi connectivity index (χ2v) is 3.86. The van der Waals surface area contributed by atoms with Gasteiger partial charge in [-0.05, 0) is 28.1 Å². The summed E-state index contributed by atoms with van der Waals surface area (Å²) in [7, 11) is 0. The van der Waals surface area contributed by atoms with E-state index in [4.69, 9.17) is 21.4 Å². The zero-order chi connectivity index (χ0) is 10.6. The van der Waals surface area contributed by atoms with Crippen molar-refractivity contribution in [2.75, 3.05) is 12.5 Å². The van der Waals surface area contributed by atoms with Crippen LogP contribution in [0.4, 0.5) is 4.39 Å². The Morgan fingerprint density at radius 1 is 1.57 bits per heavy atom. The Morgan fingerprint density at radius 3 is 2.93 bits per heavy atom. The first-order valence-electron chi connectivity index (χ1n) is 3.95. The SMILES string of the molecule is OC(CCl)COc1cc(F)ccc1Br. The Hall–Kier alpha value is -0.320. The Kier molecular flexibility index (Phi) is 4.65. The van der Waals surface area contributed by atoms with Crippen molar-refractivity contribution in [3.8, 4) is 5.75 Å². The highest BCUT2D eigenvalue weighted by molar-refractivity contribution is 9.10. The van der Waals surface area contributed by atoms with E-state index in [1.54, 1.807) is 0 Å². The summed E-state index contributed by atoms with van der Waals surface area (Å²) in [5, 5.41) is 9.11. The predicted molar refractivity (Wildman–Crippen MR) is 56.3 cm³/mol. The highest BCUT2D eigenvalue weighted by Crippen LogP contribution is 2.25. The number of hydrogen-bond donors (Lipinski definition) is 1. The van der Waals surface area contributed by atoms with E-state index in [1.807, 2.05) is 0 Å². The molecule has 0 aromatic heterocycles. The van der Waals surface area contributed by atoms with E-state index in [9.17, 15) is 4.39 Å². The third-order valence-corrected chi connectivity index (χ3v) is 2.51. The van der Waals surface area contributed by atoms with Crippen LogP contribution in [-0.2, 0) is 0 Å². The normalized spacial score (nSPS) is 12.6. The standard InChI is InChI=1S/C9H9BrClFO2/c10-8-2-1-6(12)3-9(8)14-5-7(13)4-11/h1-3,7,13H,4-5H2. The van der Waals surface area contributed by atoms with E-state index in [2.05, 4.69) is 15.9 Å². The van der Waals surface area contributed by atoms with Crippen LogP contribution in [0.1, 0.15) is 0 Å². The molecule has 1 rings (SSSR count). The monoisotopic (exact) mass is 282 g/mol. The van der Waals surface area contributed by atoms with Gasteiger partial charge in [0.2, 0.25) is 0 Å². The summed E-state index contributed by atoms with van der Waals surface area (Å²) in [4.78, 5) is 0. The van der Waals surface area contributed by atoms with Crippen LogP contribution in [0.5, 0.6) is 5.75 Å². The Balaban J connectivity index is 2.62. The van der Waals surface area contributed by atoms with E-state index in [-0.39, 0.29) is 18.3 Å². The molecule has 0 radical (unpaired) electrons. The Bertz CT molecular complexity index is 309. The molecular formula is C9H9BrClFO2. The van der Waals surface area contributed by atoms with Gasteiger partial charge in [0, 0.05) is 6.07 Å². The second kappa shape index (κ2) is 5.53. The molecule has 0 saturated carbocycles. The number of hydrogen-bond acceptors (Lipinski definition) is 2. The molecule has 2 nitrogen and oxygen atoms in total. The first-order chi connectivity index (χ1) is 6.63. The molecule has 1 N–H and O–H groups in total. The molecule has 0 aliphatic rings. The van der Waals surface area contributed by atoms with Crippen molar-refractivity contribution in [1.29, 1.82) is 0 Å². The summed E-state index contributed by atoms with van der Waals surface area (Å²) >= 11 is 8.57. The second-order valence-electron chi connectivity index (χ2n) is 2.69. The van der Waals surface area contributed by atoms with Crippen molar-refractivity contribution in [1.82, 2.24) is 0 Å². The van der Waals surface area contributed by atoms with Gasteiger partial charge in [0.25, 0.3) is 0 Å². The number of rotatable bonds is 4. The van der Waals surface area contributed by atoms with Crippen LogP contribution in [0.2, 0.25) is 0 Å². The quantitative estimate of drug-likeness (QED) is 0.861. The van der Waals surface area contributed by atoms with Crippen molar-refractivity contribution in [3.63, 3.8) is 0 Å². The number of halogens is 3. The number of benzene rings is 1. The van der Waals surface area contributed by atoms with Crippen LogP contribution in [0.25, 0.3) is 0 Å². The van der Waals surface area contributed by atoms with Crippen molar-refractivity contribution in [2.24, 2.45) is 0 Å². The molecule has 0 saturated heterocycles. The maximum atomic E-state index is 12.8. The molecule has 1 unspecified atom stereocenters. The van der Waals surface area contributed by atoms with Crippen LogP contribution in [0, 0.1) is 5.82 Å². The summed E-state index contributed by atoms with van der Waals surface area (Å²) in [5.74, 6) is 0.0603. The molecule has 0 spiro atoms. The molecular weight excluding hydrogens is 274 g/mol. The lowest BCUT2D eigenvalue weighted by atomic mass is 10.3. The van der Waals surface area contributed by atoms with E-state index in [0.29, 0.717) is 10.2 Å². The van der Waals surface area contributed by atoms with Gasteiger partial charge in [-0.2, -0.15) is 0 Å². The number of aliphatic hydroxyl groups is 1. The summed E-state index contributed by atoms with van der Waals surface area (Å²) in [6, 6.07) is 4.09. The molecule has 0 amide bonds. The van der Waals surface area contributed by atoms with Crippen LogP contribution in [0.15, 0.2) is 22.7 Å². The predicted octanol–water partition coefficient (Wildman–Crippen LogP) is 2.57. The lowest BCUT2D eigenvalue weighted by molar-refractivity contribution is 0.124. The first kappa shape index (κ1) is 11.8. The molecule has 1 atom stereocenters. The van der Waals surface area contributed by atoms with Crippen molar-refractivity contribution in [2.45, 2.75) is 6.10 Å². The average molecular weight is 284 g/mol. The Morgan fingerprint density at radius 2 is 2.29 bits per heavy atom. The van der Waals surface area contributed by atoms with E-state index >= 15 is 0 Å². The largest absolute Gasteiger partial charge is 0.490 e. The third-order valence-electron chi connectivity index (χ3n) is 1.50. The van der Waals surface area contributed by atoms with Gasteiger partial charge in [-0.15, -0.1) is 11.6 Å². The number of ether oxygens (including phenoxy) is 1. The van der Waals surface area contributed by atoms with Gasteiger partial charge < -0.3 is 9.84 Å². The summed E-state index contributed by atoms with van der Waals surface area (Å²) < 4.78 is 18.6. The van der Waals surface area contributed by atoms with Crippen molar-refractivity contribution in [3.05, 3.63) is 28.5 Å². The molecule has 0 heterocycles. The molecule has 1 aromatic carbocycles. The lowest BCUT2D eigenvalue weighted by Gasteiger charge is -2.10. The topological polar surface area (TPSA) is 29.5 Å². The van der Waals surface area contributed by atoms with E-state index < -0.39 is 6.10 Å². The number of alkyl halides is 1. The fourth-order valence-electron chi connectivity index (χ4n) is 0.818. The van der Waals surface area contributed by atoms with Gasteiger partial charge in [0.15, 0.2) is 0 Å². The lowest BCUT2D eigenvalue weighted by Crippen LogP contribution is -2.19. The minimum absolute atomic E-state index is 0.0472. The van der Waals surface area contributed by atoms with Gasteiger partial charge in [-0.1, -0.05) is 0 Å². The maximum Gasteiger partial charge on any atom is 0.136 e. The average Bonchev–Trinajstić information content (AvgIpc) is 2.19. The van der Waals surface area contributed by atoms with Crippen LogP contribution in [0.3, 0.4) is 0 Å². The van der Waals surface area contributed by atoms with Gasteiger partial charge in [-0.25, -0.2) is 4.39 Å². The van der Waals surface area contributed by atoms with Gasteiger partial charge in [0.05, 0.1) is 10.4 Å². The van der Waals surface area contributed by atoms with Crippen LogP contribution < -0.4 is 4.74 Å². The zero-order valence-electron chi connectivity index (χ0n) is 7.21. The first-order valence-corrected chi connectivity index (χ1v) is 5.28. The minimum atomic E-state index is -0.744. The smallest absolute Gasteiger partial charge is 0.136 e. The van der Waals surface area contributed by atoms with Gasteiger partial charge in [-0.3, -0.25) is 0 Å². The third kappa shape index (κ3) is 3.44. The summed E-state index contributed by atoms with van der Waals surface area (Å²) in [5.41, 5.74) is 0. The molecule has 0 bridgehead atoms. The molecule has 1 aromatic rings. The molecule has 0 aliphatic heterocycles. The fraction of sp³-hybridized carbons (Fsp3) is 0.333. The minimum Gasteiger partial charge on any atom is -0.490 e. The van der Waals surface area contributed by atoms with Crippen molar-refractivity contribution >= 4 is 27.5 Å². The molecule has 0 aliphatic carbocycles. The molecule has 5 heteroatoms. The van der Waals surface area contributed by atoms with E-state index in [0.717, 1.165) is 0 Å². The van der Waals surface area contributed by atoms with Crippen LogP contribution >= 0.6 is 27.5 Å². The van der Waals surface area contributed by atoms with Gasteiger partial charge >= 0.3 is 0 Å². The maximum absolute atomic E-state index is 12.8. The Labute approximate surface area is 94.8 Å². The van der Waals surface area contributed by atoms with Gasteiger partial charge in [0.1, 0.15) is 24.3 Å². The molecule has 0 fully saturated rings. The van der Waals surface area contributed by atoms with Crippen molar-refractivity contribution < 1.29 is 14.2 Å². The molecule has 78 valence electrons. The highest BCUT2D eigenvalue weighted by atomic mass is 79.9. The summed E-state index contributed by atoms with van der Waals surface area (Å²) in [6.45, 7) is 0.0472. The van der Waals surface area contributed by atoms with Crippen LogP contribution in [-0.4, -0.2) is 23.7 Å². The highest BCUT2D eigenvalue weighted by Gasteiger charge is 2.06.